The van der Waals surface area contributed by atoms with Crippen LogP contribution in [-0.4, -0.2) is 25.9 Å². The van der Waals surface area contributed by atoms with Crippen molar-refractivity contribution in [1.29, 1.82) is 0 Å². The Bertz CT molecular complexity index is 833. The first kappa shape index (κ1) is 13.4. The SMILES string of the molecule is CCNc1nc2ccccc2cc1Cn1ncn(C)c1=O. The third-order valence-corrected chi connectivity index (χ3v) is 3.35. The van der Waals surface area contributed by atoms with Crippen LogP contribution in [0.3, 0.4) is 0 Å². The second-order valence-electron chi connectivity index (χ2n) is 4.90. The Morgan fingerprint density at radius 2 is 2.10 bits per heavy atom. The molecule has 0 aliphatic heterocycles. The number of hydrogen-bond acceptors (Lipinski definition) is 4. The van der Waals surface area contributed by atoms with Crippen molar-refractivity contribution in [2.45, 2.75) is 13.5 Å². The molecule has 0 spiro atoms. The van der Waals surface area contributed by atoms with Crippen LogP contribution in [0.25, 0.3) is 10.9 Å². The van der Waals surface area contributed by atoms with Crippen LogP contribution in [0.15, 0.2) is 41.5 Å². The van der Waals surface area contributed by atoms with Crippen molar-refractivity contribution in [1.82, 2.24) is 19.3 Å². The molecule has 0 amide bonds. The molecule has 0 unspecified atom stereocenters. The van der Waals surface area contributed by atoms with E-state index in [0.29, 0.717) is 6.54 Å². The highest BCUT2D eigenvalue weighted by atomic mass is 16.2. The molecule has 0 saturated heterocycles. The quantitative estimate of drug-likeness (QED) is 0.790. The zero-order valence-corrected chi connectivity index (χ0v) is 12.1. The predicted octanol–water partition coefficient (Wildman–Crippen LogP) is 1.61. The zero-order chi connectivity index (χ0) is 14.8. The van der Waals surface area contributed by atoms with Crippen molar-refractivity contribution in [3.05, 3.63) is 52.7 Å². The van der Waals surface area contributed by atoms with E-state index in [0.717, 1.165) is 28.8 Å². The van der Waals surface area contributed by atoms with Crippen LogP contribution in [0.4, 0.5) is 5.82 Å². The molecular weight excluding hydrogens is 266 g/mol. The summed E-state index contributed by atoms with van der Waals surface area (Å²) in [6.45, 7) is 3.20. The maximum atomic E-state index is 11.9. The van der Waals surface area contributed by atoms with E-state index < -0.39 is 0 Å². The highest BCUT2D eigenvalue weighted by molar-refractivity contribution is 5.81. The standard InChI is InChI=1S/C15H17N5O/c1-3-16-14-12(9-20-15(21)19(2)10-17-20)8-11-6-4-5-7-13(11)18-14/h4-8,10H,3,9H2,1-2H3,(H,16,18). The van der Waals surface area contributed by atoms with Crippen LogP contribution >= 0.6 is 0 Å². The van der Waals surface area contributed by atoms with Gasteiger partial charge in [0.1, 0.15) is 12.1 Å². The summed E-state index contributed by atoms with van der Waals surface area (Å²) in [6.07, 6.45) is 1.52. The fraction of sp³-hybridized carbons (Fsp3) is 0.267. The average molecular weight is 283 g/mol. The summed E-state index contributed by atoms with van der Waals surface area (Å²) in [6, 6.07) is 10.00. The van der Waals surface area contributed by atoms with E-state index in [1.807, 2.05) is 31.2 Å². The van der Waals surface area contributed by atoms with E-state index in [-0.39, 0.29) is 5.69 Å². The number of para-hydroxylation sites is 1. The number of aromatic nitrogens is 4. The van der Waals surface area contributed by atoms with Crippen molar-refractivity contribution in [3.63, 3.8) is 0 Å². The molecule has 0 saturated carbocycles. The van der Waals surface area contributed by atoms with E-state index in [2.05, 4.69) is 21.5 Å². The van der Waals surface area contributed by atoms with Crippen LogP contribution in [0.2, 0.25) is 0 Å². The Morgan fingerprint density at radius 3 is 2.81 bits per heavy atom. The molecular formula is C15H17N5O. The lowest BCUT2D eigenvalue weighted by atomic mass is 10.1. The number of nitrogens with one attached hydrogen (secondary N) is 1. The second-order valence-corrected chi connectivity index (χ2v) is 4.90. The summed E-state index contributed by atoms with van der Waals surface area (Å²) in [5.41, 5.74) is 1.76. The molecule has 0 fully saturated rings. The van der Waals surface area contributed by atoms with Crippen LogP contribution in [0.1, 0.15) is 12.5 Å². The van der Waals surface area contributed by atoms with Gasteiger partial charge in [0.25, 0.3) is 0 Å². The average Bonchev–Trinajstić information content (AvgIpc) is 2.80. The molecule has 108 valence electrons. The second kappa shape index (κ2) is 5.40. The summed E-state index contributed by atoms with van der Waals surface area (Å²) < 4.78 is 2.90. The number of rotatable bonds is 4. The predicted molar refractivity (Wildman–Crippen MR) is 82.5 cm³/mol. The van der Waals surface area contributed by atoms with Crippen LogP contribution < -0.4 is 11.0 Å². The molecule has 6 nitrogen and oxygen atoms in total. The summed E-state index contributed by atoms with van der Waals surface area (Å²) in [7, 11) is 1.69. The number of benzene rings is 1. The largest absolute Gasteiger partial charge is 0.370 e. The van der Waals surface area contributed by atoms with Gasteiger partial charge in [0.15, 0.2) is 0 Å². The van der Waals surface area contributed by atoms with E-state index >= 15 is 0 Å². The molecule has 6 heteroatoms. The van der Waals surface area contributed by atoms with Gasteiger partial charge >= 0.3 is 5.69 Å². The van der Waals surface area contributed by atoms with Gasteiger partial charge in [-0.05, 0) is 19.1 Å². The summed E-state index contributed by atoms with van der Waals surface area (Å²) >= 11 is 0. The van der Waals surface area contributed by atoms with Gasteiger partial charge in [-0.1, -0.05) is 18.2 Å². The van der Waals surface area contributed by atoms with Crippen LogP contribution in [0.5, 0.6) is 0 Å². The molecule has 2 aromatic heterocycles. The summed E-state index contributed by atoms with van der Waals surface area (Å²) in [4.78, 5) is 16.6. The molecule has 21 heavy (non-hydrogen) atoms. The van der Waals surface area contributed by atoms with E-state index in [4.69, 9.17) is 0 Å². The van der Waals surface area contributed by atoms with Gasteiger partial charge in [-0.25, -0.2) is 14.5 Å². The fourth-order valence-corrected chi connectivity index (χ4v) is 2.29. The number of pyridine rings is 1. The highest BCUT2D eigenvalue weighted by Gasteiger charge is 2.09. The first-order valence-corrected chi connectivity index (χ1v) is 6.90. The lowest BCUT2D eigenvalue weighted by molar-refractivity contribution is 0.646. The molecule has 3 aromatic rings. The van der Waals surface area contributed by atoms with Gasteiger partial charge in [-0.15, -0.1) is 0 Å². The number of hydrogen-bond donors (Lipinski definition) is 1. The Morgan fingerprint density at radius 1 is 1.29 bits per heavy atom. The first-order chi connectivity index (χ1) is 10.2. The fourth-order valence-electron chi connectivity index (χ4n) is 2.29. The Hall–Kier alpha value is -2.63. The van der Waals surface area contributed by atoms with Crippen molar-refractivity contribution in [3.8, 4) is 0 Å². The third kappa shape index (κ3) is 2.52. The van der Waals surface area contributed by atoms with Crippen LogP contribution in [0, 0.1) is 0 Å². The Labute approximate surface area is 122 Å². The van der Waals surface area contributed by atoms with Crippen molar-refractivity contribution in [2.24, 2.45) is 7.05 Å². The lowest BCUT2D eigenvalue weighted by Gasteiger charge is -2.11. The minimum absolute atomic E-state index is 0.134. The van der Waals surface area contributed by atoms with Crippen molar-refractivity contribution >= 4 is 16.7 Å². The third-order valence-electron chi connectivity index (χ3n) is 3.35. The topological polar surface area (TPSA) is 64.7 Å². The molecule has 1 N–H and O–H groups in total. The smallest absolute Gasteiger partial charge is 0.345 e. The summed E-state index contributed by atoms with van der Waals surface area (Å²) in [5, 5.41) is 8.41. The molecule has 0 aliphatic rings. The lowest BCUT2D eigenvalue weighted by Crippen LogP contribution is -2.24. The molecule has 1 aromatic carbocycles. The first-order valence-electron chi connectivity index (χ1n) is 6.90. The van der Waals surface area contributed by atoms with Gasteiger partial charge < -0.3 is 5.32 Å². The van der Waals surface area contributed by atoms with Gasteiger partial charge in [0.2, 0.25) is 0 Å². The van der Waals surface area contributed by atoms with E-state index in [1.54, 1.807) is 7.05 Å². The summed E-state index contributed by atoms with van der Waals surface area (Å²) in [5.74, 6) is 0.800. The molecule has 2 heterocycles. The molecule has 0 bridgehead atoms. The monoisotopic (exact) mass is 283 g/mol. The van der Waals surface area contributed by atoms with Gasteiger partial charge in [0.05, 0.1) is 12.1 Å². The van der Waals surface area contributed by atoms with Crippen molar-refractivity contribution < 1.29 is 0 Å². The normalized spacial score (nSPS) is 11.0. The number of anilines is 1. The highest BCUT2D eigenvalue weighted by Crippen LogP contribution is 2.20. The van der Waals surface area contributed by atoms with Gasteiger partial charge in [0, 0.05) is 24.5 Å². The molecule has 0 radical (unpaired) electrons. The Kier molecular flexibility index (Phi) is 3.43. The number of nitrogens with zero attached hydrogens (tertiary/aromatic N) is 4. The maximum Gasteiger partial charge on any atom is 0.345 e. The van der Waals surface area contributed by atoms with Gasteiger partial charge in [-0.3, -0.25) is 4.57 Å². The minimum Gasteiger partial charge on any atom is -0.370 e. The molecule has 0 atom stereocenters. The van der Waals surface area contributed by atoms with Crippen LogP contribution in [-0.2, 0) is 13.6 Å². The van der Waals surface area contributed by atoms with Gasteiger partial charge in [-0.2, -0.15) is 5.10 Å². The zero-order valence-electron chi connectivity index (χ0n) is 12.1. The number of aryl methyl sites for hydroxylation is 1. The van der Waals surface area contributed by atoms with E-state index in [1.165, 1.54) is 15.6 Å². The van der Waals surface area contributed by atoms with E-state index in [9.17, 15) is 4.79 Å². The molecule has 0 aliphatic carbocycles. The maximum absolute atomic E-state index is 11.9. The number of fused-ring (bicyclic) bond motifs is 1. The van der Waals surface area contributed by atoms with Crippen molar-refractivity contribution in [2.75, 3.05) is 11.9 Å². The minimum atomic E-state index is -0.134. The Balaban J connectivity index is 2.08. The molecule has 3 rings (SSSR count).